The van der Waals surface area contributed by atoms with E-state index in [2.05, 4.69) is 36.5 Å². The zero-order valence-corrected chi connectivity index (χ0v) is 13.8. The summed E-state index contributed by atoms with van der Waals surface area (Å²) in [5, 5.41) is 3.24. The topological polar surface area (TPSA) is 32.3 Å². The van der Waals surface area contributed by atoms with Crippen LogP contribution < -0.4 is 5.32 Å². The number of amides is 1. The van der Waals surface area contributed by atoms with Gasteiger partial charge in [-0.1, -0.05) is 29.8 Å². The van der Waals surface area contributed by atoms with Crippen LogP contribution in [0, 0.1) is 12.8 Å². The monoisotopic (exact) mass is 288 g/mol. The summed E-state index contributed by atoms with van der Waals surface area (Å²) in [7, 11) is 2.00. The molecule has 0 radical (unpaired) electrons. The van der Waals surface area contributed by atoms with Crippen molar-refractivity contribution in [2.24, 2.45) is 5.92 Å². The van der Waals surface area contributed by atoms with Crippen molar-refractivity contribution < 1.29 is 4.79 Å². The van der Waals surface area contributed by atoms with Gasteiger partial charge >= 0.3 is 0 Å². The Morgan fingerprint density at radius 3 is 2.33 bits per heavy atom. The van der Waals surface area contributed by atoms with E-state index in [-0.39, 0.29) is 5.91 Å². The minimum atomic E-state index is -0.441. The van der Waals surface area contributed by atoms with Gasteiger partial charge in [0.2, 0.25) is 5.91 Å². The van der Waals surface area contributed by atoms with Crippen molar-refractivity contribution in [1.29, 1.82) is 0 Å². The smallest absolute Gasteiger partial charge is 0.232 e. The Bertz CT molecular complexity index is 470. The largest absolute Gasteiger partial charge is 0.342 e. The van der Waals surface area contributed by atoms with Crippen LogP contribution in [-0.4, -0.2) is 37.5 Å². The number of benzene rings is 1. The number of nitrogens with one attached hydrogen (secondary N) is 1. The van der Waals surface area contributed by atoms with Crippen molar-refractivity contribution in [3.8, 4) is 0 Å². The minimum Gasteiger partial charge on any atom is -0.342 e. The SMILES string of the molecule is CNCC1CCN(C(=O)C(C)(C)c2ccc(C)cc2)CC1. The molecule has 1 aliphatic rings. The lowest BCUT2D eigenvalue weighted by molar-refractivity contribution is -0.137. The first-order valence-electron chi connectivity index (χ1n) is 7.96. The van der Waals surface area contributed by atoms with Gasteiger partial charge in [-0.25, -0.2) is 0 Å². The molecule has 1 heterocycles. The van der Waals surface area contributed by atoms with Gasteiger partial charge in [0.1, 0.15) is 0 Å². The lowest BCUT2D eigenvalue weighted by Crippen LogP contribution is -2.47. The minimum absolute atomic E-state index is 0.259. The summed E-state index contributed by atoms with van der Waals surface area (Å²) in [4.78, 5) is 14.9. The van der Waals surface area contributed by atoms with Gasteiger partial charge in [0.25, 0.3) is 0 Å². The van der Waals surface area contributed by atoms with E-state index in [9.17, 15) is 4.79 Å². The number of rotatable bonds is 4. The van der Waals surface area contributed by atoms with Crippen LogP contribution in [0.1, 0.15) is 37.8 Å². The Kier molecular flexibility index (Phi) is 5.04. The molecule has 1 N–H and O–H groups in total. The number of aryl methyl sites for hydroxylation is 1. The highest BCUT2D eigenvalue weighted by atomic mass is 16.2. The molecule has 0 saturated carbocycles. The highest BCUT2D eigenvalue weighted by molar-refractivity contribution is 5.87. The summed E-state index contributed by atoms with van der Waals surface area (Å²) in [5.74, 6) is 0.968. The first-order valence-corrected chi connectivity index (χ1v) is 7.96. The van der Waals surface area contributed by atoms with Gasteiger partial charge in [-0.15, -0.1) is 0 Å². The van der Waals surface area contributed by atoms with Crippen molar-refractivity contribution in [2.45, 2.75) is 39.0 Å². The first-order chi connectivity index (χ1) is 9.95. The summed E-state index contributed by atoms with van der Waals surface area (Å²) in [6, 6.07) is 8.34. The average Bonchev–Trinajstić information content (AvgIpc) is 2.48. The van der Waals surface area contributed by atoms with Gasteiger partial charge in [0.05, 0.1) is 5.41 Å². The number of likely N-dealkylation sites (tertiary alicyclic amines) is 1. The van der Waals surface area contributed by atoms with E-state index in [4.69, 9.17) is 0 Å². The second-order valence-corrected chi connectivity index (χ2v) is 6.78. The summed E-state index contributed by atoms with van der Waals surface area (Å²) in [5.41, 5.74) is 1.90. The molecule has 3 heteroatoms. The molecule has 1 saturated heterocycles. The maximum absolute atomic E-state index is 12.9. The van der Waals surface area contributed by atoms with Crippen LogP contribution in [0.4, 0.5) is 0 Å². The van der Waals surface area contributed by atoms with Crippen LogP contribution >= 0.6 is 0 Å². The lowest BCUT2D eigenvalue weighted by atomic mass is 9.82. The van der Waals surface area contributed by atoms with Crippen LogP contribution in [0.2, 0.25) is 0 Å². The van der Waals surface area contributed by atoms with Gasteiger partial charge in [0, 0.05) is 13.1 Å². The average molecular weight is 288 g/mol. The molecule has 116 valence electrons. The molecule has 0 aliphatic carbocycles. The molecule has 0 unspecified atom stereocenters. The Labute approximate surface area is 128 Å². The maximum Gasteiger partial charge on any atom is 0.232 e. The molecule has 0 spiro atoms. The predicted octanol–water partition coefficient (Wildman–Crippen LogP) is 2.73. The van der Waals surface area contributed by atoms with E-state index in [1.165, 1.54) is 5.56 Å². The van der Waals surface area contributed by atoms with E-state index in [0.29, 0.717) is 5.92 Å². The normalized spacial score (nSPS) is 17.0. The highest BCUT2D eigenvalue weighted by Gasteiger charge is 2.35. The van der Waals surface area contributed by atoms with E-state index >= 15 is 0 Å². The molecular weight excluding hydrogens is 260 g/mol. The second-order valence-electron chi connectivity index (χ2n) is 6.78. The van der Waals surface area contributed by atoms with Gasteiger partial charge in [-0.05, 0) is 58.7 Å². The molecule has 1 aliphatic heterocycles. The standard InChI is InChI=1S/C18H28N2O/c1-14-5-7-16(8-6-14)18(2,3)17(21)20-11-9-15(10-12-20)13-19-4/h5-8,15,19H,9-13H2,1-4H3. The van der Waals surface area contributed by atoms with Crippen LogP contribution in [-0.2, 0) is 10.2 Å². The fourth-order valence-electron chi connectivity index (χ4n) is 3.12. The zero-order valence-electron chi connectivity index (χ0n) is 13.8. The van der Waals surface area contributed by atoms with Crippen LogP contribution in [0.3, 0.4) is 0 Å². The third-order valence-electron chi connectivity index (χ3n) is 4.70. The Hall–Kier alpha value is -1.35. The van der Waals surface area contributed by atoms with Crippen molar-refractivity contribution in [3.05, 3.63) is 35.4 Å². The highest BCUT2D eigenvalue weighted by Crippen LogP contribution is 2.28. The van der Waals surface area contributed by atoms with Gasteiger partial charge in [-0.3, -0.25) is 4.79 Å². The van der Waals surface area contributed by atoms with E-state index < -0.39 is 5.41 Å². The van der Waals surface area contributed by atoms with E-state index in [1.54, 1.807) is 0 Å². The molecule has 0 bridgehead atoms. The lowest BCUT2D eigenvalue weighted by Gasteiger charge is -2.37. The van der Waals surface area contributed by atoms with Gasteiger partial charge < -0.3 is 10.2 Å². The quantitative estimate of drug-likeness (QED) is 0.924. The molecule has 2 rings (SSSR count). The van der Waals surface area contributed by atoms with Crippen molar-refractivity contribution in [2.75, 3.05) is 26.7 Å². The van der Waals surface area contributed by atoms with E-state index in [1.807, 2.05) is 25.8 Å². The summed E-state index contributed by atoms with van der Waals surface area (Å²) < 4.78 is 0. The summed E-state index contributed by atoms with van der Waals surface area (Å²) >= 11 is 0. The third kappa shape index (κ3) is 3.65. The van der Waals surface area contributed by atoms with Crippen LogP contribution in [0.25, 0.3) is 0 Å². The van der Waals surface area contributed by atoms with Crippen molar-refractivity contribution in [1.82, 2.24) is 10.2 Å². The first kappa shape index (κ1) is 16.0. The van der Waals surface area contributed by atoms with Gasteiger partial charge in [-0.2, -0.15) is 0 Å². The zero-order chi connectivity index (χ0) is 15.5. The number of carbonyl (C=O) groups excluding carboxylic acids is 1. The Balaban J connectivity index is 2.03. The Morgan fingerprint density at radius 1 is 1.24 bits per heavy atom. The molecule has 1 amide bonds. The van der Waals surface area contributed by atoms with E-state index in [0.717, 1.165) is 38.0 Å². The Morgan fingerprint density at radius 2 is 1.81 bits per heavy atom. The van der Waals surface area contributed by atoms with Crippen molar-refractivity contribution >= 4 is 5.91 Å². The number of piperidine rings is 1. The maximum atomic E-state index is 12.9. The van der Waals surface area contributed by atoms with Gasteiger partial charge in [0.15, 0.2) is 0 Å². The molecule has 0 aromatic heterocycles. The number of nitrogens with zero attached hydrogens (tertiary/aromatic N) is 1. The predicted molar refractivity (Wildman–Crippen MR) is 87.4 cm³/mol. The molecule has 1 fully saturated rings. The van der Waals surface area contributed by atoms with Crippen LogP contribution in [0.5, 0.6) is 0 Å². The van der Waals surface area contributed by atoms with Crippen molar-refractivity contribution in [3.63, 3.8) is 0 Å². The molecule has 1 aromatic rings. The molecule has 21 heavy (non-hydrogen) atoms. The fraction of sp³-hybridized carbons (Fsp3) is 0.611. The fourth-order valence-corrected chi connectivity index (χ4v) is 3.12. The molecular formula is C18H28N2O. The molecule has 0 atom stereocenters. The summed E-state index contributed by atoms with van der Waals surface area (Å²) in [6.07, 6.45) is 2.22. The third-order valence-corrected chi connectivity index (χ3v) is 4.70. The number of hydrogen-bond acceptors (Lipinski definition) is 2. The summed E-state index contributed by atoms with van der Waals surface area (Å²) in [6.45, 7) is 8.99. The molecule has 1 aromatic carbocycles. The van der Waals surface area contributed by atoms with Crippen LogP contribution in [0.15, 0.2) is 24.3 Å². The second kappa shape index (κ2) is 6.61. The molecule has 3 nitrogen and oxygen atoms in total. The number of hydrogen-bond donors (Lipinski definition) is 1. The number of carbonyl (C=O) groups is 1.